The zero-order valence-corrected chi connectivity index (χ0v) is 16.3. The third kappa shape index (κ3) is 5.89. The smallest absolute Gasteiger partial charge is 0.307 e. The van der Waals surface area contributed by atoms with Crippen molar-refractivity contribution in [1.29, 1.82) is 0 Å². The van der Waals surface area contributed by atoms with Crippen LogP contribution >= 0.6 is 11.3 Å². The van der Waals surface area contributed by atoms with E-state index in [1.165, 1.54) is 12.8 Å². The van der Waals surface area contributed by atoms with Gasteiger partial charge in [-0.05, 0) is 31.2 Å². The molecule has 146 valence electrons. The summed E-state index contributed by atoms with van der Waals surface area (Å²) in [5, 5.41) is 10.8. The standard InChI is InChI=1S/C19H25N3O4S/c1-13(19(24)20-15-6-4-2-3-5-7-15)25-17(23)9-8-16-21-18(22-26-16)14-10-11-27-12-14/h10-13,15H,2-9H2,1H3,(H,20,24)/t13-/m0/s1. The summed E-state index contributed by atoms with van der Waals surface area (Å²) in [4.78, 5) is 28.5. The van der Waals surface area contributed by atoms with Gasteiger partial charge in [-0.1, -0.05) is 30.8 Å². The van der Waals surface area contributed by atoms with E-state index < -0.39 is 12.1 Å². The Kier molecular flexibility index (Phi) is 6.98. The first kappa shape index (κ1) is 19.5. The van der Waals surface area contributed by atoms with Crippen LogP contribution in [-0.4, -0.2) is 34.2 Å². The molecule has 2 aromatic heterocycles. The number of carbonyl (C=O) groups is 2. The Morgan fingerprint density at radius 1 is 1.33 bits per heavy atom. The molecular formula is C19H25N3O4S. The molecule has 0 aliphatic heterocycles. The minimum Gasteiger partial charge on any atom is -0.453 e. The Bertz CT molecular complexity index is 736. The first-order valence-electron chi connectivity index (χ1n) is 9.47. The van der Waals surface area contributed by atoms with Gasteiger partial charge in [0.05, 0.1) is 6.42 Å². The Balaban J connectivity index is 1.41. The fourth-order valence-electron chi connectivity index (χ4n) is 3.13. The second-order valence-electron chi connectivity index (χ2n) is 6.85. The van der Waals surface area contributed by atoms with Crippen molar-refractivity contribution < 1.29 is 18.8 Å². The molecule has 0 unspecified atom stereocenters. The van der Waals surface area contributed by atoms with Crippen LogP contribution in [0.15, 0.2) is 21.3 Å². The Morgan fingerprint density at radius 3 is 2.81 bits per heavy atom. The molecular weight excluding hydrogens is 366 g/mol. The van der Waals surface area contributed by atoms with E-state index in [0.29, 0.717) is 11.7 Å². The van der Waals surface area contributed by atoms with Crippen molar-refractivity contribution in [3.8, 4) is 11.4 Å². The maximum Gasteiger partial charge on any atom is 0.307 e. The fraction of sp³-hybridized carbons (Fsp3) is 0.579. The fourth-order valence-corrected chi connectivity index (χ4v) is 3.76. The molecule has 0 spiro atoms. The molecule has 27 heavy (non-hydrogen) atoms. The van der Waals surface area contributed by atoms with E-state index >= 15 is 0 Å². The summed E-state index contributed by atoms with van der Waals surface area (Å²) in [6, 6.07) is 2.09. The number of rotatable bonds is 7. The number of nitrogens with zero attached hydrogens (tertiary/aromatic N) is 2. The highest BCUT2D eigenvalue weighted by molar-refractivity contribution is 7.08. The highest BCUT2D eigenvalue weighted by atomic mass is 32.1. The van der Waals surface area contributed by atoms with Gasteiger partial charge in [0, 0.05) is 23.4 Å². The maximum atomic E-state index is 12.2. The monoisotopic (exact) mass is 391 g/mol. The molecule has 0 aromatic carbocycles. The third-order valence-corrected chi connectivity index (χ3v) is 5.35. The van der Waals surface area contributed by atoms with Crippen molar-refractivity contribution in [2.45, 2.75) is 70.4 Å². The van der Waals surface area contributed by atoms with Crippen molar-refractivity contribution in [2.75, 3.05) is 0 Å². The molecule has 1 saturated carbocycles. The molecule has 7 nitrogen and oxygen atoms in total. The number of aromatic nitrogens is 2. The average molecular weight is 391 g/mol. The van der Waals surface area contributed by atoms with Crippen LogP contribution < -0.4 is 5.32 Å². The number of thiophene rings is 1. The topological polar surface area (TPSA) is 94.3 Å². The number of carbonyl (C=O) groups excluding carboxylic acids is 2. The number of esters is 1. The first-order chi connectivity index (χ1) is 13.1. The molecule has 1 amide bonds. The summed E-state index contributed by atoms with van der Waals surface area (Å²) in [5.74, 6) is 0.209. The first-order valence-corrected chi connectivity index (χ1v) is 10.4. The van der Waals surface area contributed by atoms with Crippen LogP contribution in [-0.2, 0) is 20.7 Å². The number of aryl methyl sites for hydroxylation is 1. The van der Waals surface area contributed by atoms with E-state index in [1.807, 2.05) is 16.8 Å². The van der Waals surface area contributed by atoms with Crippen molar-refractivity contribution in [2.24, 2.45) is 0 Å². The van der Waals surface area contributed by atoms with E-state index in [0.717, 1.165) is 31.2 Å². The third-order valence-electron chi connectivity index (χ3n) is 4.67. The molecule has 2 aromatic rings. The van der Waals surface area contributed by atoms with Gasteiger partial charge in [-0.15, -0.1) is 0 Å². The maximum absolute atomic E-state index is 12.2. The summed E-state index contributed by atoms with van der Waals surface area (Å²) in [6.07, 6.45) is 6.28. The Hall–Kier alpha value is -2.22. The van der Waals surface area contributed by atoms with E-state index in [4.69, 9.17) is 9.26 Å². The second kappa shape index (κ2) is 9.64. The summed E-state index contributed by atoms with van der Waals surface area (Å²) >= 11 is 1.55. The van der Waals surface area contributed by atoms with Gasteiger partial charge in [0.25, 0.3) is 5.91 Å². The van der Waals surface area contributed by atoms with Gasteiger partial charge < -0.3 is 14.6 Å². The highest BCUT2D eigenvalue weighted by Gasteiger charge is 2.22. The van der Waals surface area contributed by atoms with Crippen LogP contribution in [0, 0.1) is 0 Å². The van der Waals surface area contributed by atoms with Gasteiger partial charge in [-0.3, -0.25) is 9.59 Å². The van der Waals surface area contributed by atoms with Crippen LogP contribution in [0.1, 0.15) is 57.8 Å². The van der Waals surface area contributed by atoms with Crippen molar-refractivity contribution in [3.63, 3.8) is 0 Å². The molecule has 1 aliphatic carbocycles. The summed E-state index contributed by atoms with van der Waals surface area (Å²) in [6.45, 7) is 1.60. The van der Waals surface area contributed by atoms with Gasteiger partial charge in [0.15, 0.2) is 6.10 Å². The van der Waals surface area contributed by atoms with Crippen LogP contribution in [0.3, 0.4) is 0 Å². The molecule has 2 heterocycles. The Morgan fingerprint density at radius 2 is 2.11 bits per heavy atom. The van der Waals surface area contributed by atoms with Crippen LogP contribution in [0.4, 0.5) is 0 Å². The SMILES string of the molecule is C[C@H](OC(=O)CCc1nc(-c2ccsc2)no1)C(=O)NC1CCCCCC1. The van der Waals surface area contributed by atoms with Gasteiger partial charge in [-0.25, -0.2) is 0 Å². The molecule has 0 radical (unpaired) electrons. The molecule has 0 bridgehead atoms. The van der Waals surface area contributed by atoms with E-state index in [1.54, 1.807) is 18.3 Å². The largest absolute Gasteiger partial charge is 0.453 e. The zero-order valence-electron chi connectivity index (χ0n) is 15.5. The quantitative estimate of drug-likeness (QED) is 0.573. The molecule has 8 heteroatoms. The summed E-state index contributed by atoms with van der Waals surface area (Å²) in [7, 11) is 0. The lowest BCUT2D eigenvalue weighted by atomic mass is 10.1. The average Bonchev–Trinajstić information content (AvgIpc) is 3.28. The van der Waals surface area contributed by atoms with Crippen molar-refractivity contribution in [3.05, 3.63) is 22.7 Å². The molecule has 3 rings (SSSR count). The van der Waals surface area contributed by atoms with Crippen molar-refractivity contribution >= 4 is 23.2 Å². The van der Waals surface area contributed by atoms with Crippen LogP contribution in [0.2, 0.25) is 0 Å². The zero-order chi connectivity index (χ0) is 19.1. The van der Waals surface area contributed by atoms with Gasteiger partial charge in [-0.2, -0.15) is 16.3 Å². The van der Waals surface area contributed by atoms with Crippen molar-refractivity contribution in [1.82, 2.24) is 15.5 Å². The lowest BCUT2D eigenvalue weighted by Crippen LogP contribution is -2.41. The molecule has 1 atom stereocenters. The highest BCUT2D eigenvalue weighted by Crippen LogP contribution is 2.19. The molecule has 0 saturated heterocycles. The van der Waals surface area contributed by atoms with E-state index in [-0.39, 0.29) is 24.8 Å². The molecule has 1 N–H and O–H groups in total. The van der Waals surface area contributed by atoms with Gasteiger partial charge in [0.2, 0.25) is 11.7 Å². The predicted octanol–water partition coefficient (Wildman–Crippen LogP) is 3.50. The lowest BCUT2D eigenvalue weighted by Gasteiger charge is -2.19. The van der Waals surface area contributed by atoms with E-state index in [2.05, 4.69) is 15.5 Å². The summed E-state index contributed by atoms with van der Waals surface area (Å²) < 4.78 is 10.4. The Labute approximate surface area is 162 Å². The second-order valence-corrected chi connectivity index (χ2v) is 7.63. The van der Waals surface area contributed by atoms with Gasteiger partial charge >= 0.3 is 5.97 Å². The minimum atomic E-state index is -0.801. The van der Waals surface area contributed by atoms with Gasteiger partial charge in [0.1, 0.15) is 0 Å². The normalized spacial score (nSPS) is 16.5. The lowest BCUT2D eigenvalue weighted by molar-refractivity contribution is -0.155. The number of hydrogen-bond acceptors (Lipinski definition) is 7. The van der Waals surface area contributed by atoms with Crippen LogP contribution in [0.25, 0.3) is 11.4 Å². The summed E-state index contributed by atoms with van der Waals surface area (Å²) in [5.41, 5.74) is 0.890. The molecule has 1 aliphatic rings. The molecule has 1 fully saturated rings. The predicted molar refractivity (Wildman–Crippen MR) is 101 cm³/mol. The number of ether oxygens (including phenoxy) is 1. The van der Waals surface area contributed by atoms with Crippen LogP contribution in [0.5, 0.6) is 0 Å². The number of amides is 1. The van der Waals surface area contributed by atoms with E-state index in [9.17, 15) is 9.59 Å². The minimum absolute atomic E-state index is 0.0896. The number of hydrogen-bond donors (Lipinski definition) is 1. The number of nitrogens with one attached hydrogen (secondary N) is 1.